The van der Waals surface area contributed by atoms with Crippen molar-refractivity contribution in [2.24, 2.45) is 0 Å². The fourth-order valence-electron chi connectivity index (χ4n) is 3.46. The number of hydrogen-bond donors (Lipinski definition) is 1. The summed E-state index contributed by atoms with van der Waals surface area (Å²) in [5, 5.41) is 6.53. The van der Waals surface area contributed by atoms with E-state index in [4.69, 9.17) is 14.0 Å². The van der Waals surface area contributed by atoms with Crippen LogP contribution in [0.1, 0.15) is 33.5 Å². The summed E-state index contributed by atoms with van der Waals surface area (Å²) in [5.41, 5.74) is 1.42. The highest BCUT2D eigenvalue weighted by Crippen LogP contribution is 2.37. The van der Waals surface area contributed by atoms with Crippen molar-refractivity contribution >= 4 is 23.3 Å². The molecule has 0 unspecified atom stereocenters. The number of piperazine rings is 1. The van der Waals surface area contributed by atoms with Gasteiger partial charge in [0.15, 0.2) is 17.3 Å². The molecule has 0 spiro atoms. The van der Waals surface area contributed by atoms with Crippen LogP contribution < -0.4 is 14.8 Å². The Labute approximate surface area is 172 Å². The lowest BCUT2D eigenvalue weighted by molar-refractivity contribution is -0.117. The van der Waals surface area contributed by atoms with Crippen LogP contribution in [0.2, 0.25) is 0 Å². The molecular formula is C20H22N4O6. The highest BCUT2D eigenvalue weighted by Gasteiger charge is 2.26. The standard InChI is InChI=1S/C20H22N4O6/c1-12-7-18(30-22-12)20(27)24-5-3-23(4-6-24)10-19(26)21-15-9-17-16(28-11-29-17)8-14(15)13(2)25/h7-9H,3-6,10-11H2,1-2H3,(H,21,26). The first-order valence-electron chi connectivity index (χ1n) is 9.60. The van der Waals surface area contributed by atoms with Crippen LogP contribution in [0.3, 0.4) is 0 Å². The van der Waals surface area contributed by atoms with Gasteiger partial charge in [-0.05, 0) is 19.9 Å². The van der Waals surface area contributed by atoms with Gasteiger partial charge in [-0.3, -0.25) is 19.3 Å². The van der Waals surface area contributed by atoms with Crippen LogP contribution in [0.5, 0.6) is 11.5 Å². The van der Waals surface area contributed by atoms with Gasteiger partial charge in [-0.2, -0.15) is 0 Å². The maximum Gasteiger partial charge on any atom is 0.292 e. The van der Waals surface area contributed by atoms with E-state index in [1.54, 1.807) is 30.0 Å². The van der Waals surface area contributed by atoms with Crippen molar-refractivity contribution in [2.45, 2.75) is 13.8 Å². The third-order valence-electron chi connectivity index (χ3n) is 5.03. The van der Waals surface area contributed by atoms with E-state index in [2.05, 4.69) is 10.5 Å². The Morgan fingerprint density at radius 2 is 1.77 bits per heavy atom. The van der Waals surface area contributed by atoms with Crippen LogP contribution in [-0.4, -0.2) is 72.1 Å². The first-order valence-corrected chi connectivity index (χ1v) is 9.60. The molecule has 0 saturated carbocycles. The zero-order valence-corrected chi connectivity index (χ0v) is 16.8. The number of aromatic nitrogens is 1. The molecule has 1 fully saturated rings. The molecule has 0 atom stereocenters. The summed E-state index contributed by atoms with van der Waals surface area (Å²) in [7, 11) is 0. The summed E-state index contributed by atoms with van der Waals surface area (Å²) in [5.74, 6) is 0.566. The minimum Gasteiger partial charge on any atom is -0.454 e. The Balaban J connectivity index is 1.33. The van der Waals surface area contributed by atoms with Gasteiger partial charge in [0.1, 0.15) is 0 Å². The molecule has 0 radical (unpaired) electrons. The highest BCUT2D eigenvalue weighted by atomic mass is 16.7. The van der Waals surface area contributed by atoms with Gasteiger partial charge < -0.3 is 24.2 Å². The summed E-state index contributed by atoms with van der Waals surface area (Å²) in [6, 6.07) is 4.79. The van der Waals surface area contributed by atoms with Gasteiger partial charge >= 0.3 is 0 Å². The fourth-order valence-corrected chi connectivity index (χ4v) is 3.46. The van der Waals surface area contributed by atoms with Crippen molar-refractivity contribution in [1.29, 1.82) is 0 Å². The van der Waals surface area contributed by atoms with Gasteiger partial charge in [-0.15, -0.1) is 0 Å². The Kier molecular flexibility index (Phi) is 5.40. The summed E-state index contributed by atoms with van der Waals surface area (Å²) < 4.78 is 15.7. The molecule has 0 aliphatic carbocycles. The second-order valence-electron chi connectivity index (χ2n) is 7.26. The largest absolute Gasteiger partial charge is 0.454 e. The van der Waals surface area contributed by atoms with Crippen LogP contribution in [0.15, 0.2) is 22.7 Å². The molecule has 3 heterocycles. The van der Waals surface area contributed by atoms with Crippen LogP contribution in [0.25, 0.3) is 0 Å². The average molecular weight is 414 g/mol. The molecule has 0 bridgehead atoms. The first-order chi connectivity index (χ1) is 14.4. The van der Waals surface area contributed by atoms with E-state index in [0.29, 0.717) is 54.6 Å². The van der Waals surface area contributed by atoms with Gasteiger partial charge in [0.05, 0.1) is 17.9 Å². The van der Waals surface area contributed by atoms with Gasteiger partial charge in [0.2, 0.25) is 18.5 Å². The fraction of sp³-hybridized carbons (Fsp3) is 0.400. The number of aryl methyl sites for hydroxylation is 1. The molecule has 10 nitrogen and oxygen atoms in total. The maximum absolute atomic E-state index is 12.6. The Bertz CT molecular complexity index is 993. The van der Waals surface area contributed by atoms with Crippen LogP contribution in [0.4, 0.5) is 5.69 Å². The van der Waals surface area contributed by atoms with Gasteiger partial charge in [-0.1, -0.05) is 5.16 Å². The monoisotopic (exact) mass is 414 g/mol. The quantitative estimate of drug-likeness (QED) is 0.729. The average Bonchev–Trinajstić information content (AvgIpc) is 3.35. The first kappa shape index (κ1) is 19.9. The number of Topliss-reactive ketones (excluding diaryl/α,β-unsaturated/α-hetero) is 1. The number of fused-ring (bicyclic) bond motifs is 1. The lowest BCUT2D eigenvalue weighted by Crippen LogP contribution is -2.50. The number of rotatable bonds is 5. The predicted octanol–water partition coefficient (Wildman–Crippen LogP) is 1.31. The van der Waals surface area contributed by atoms with Crippen LogP contribution >= 0.6 is 0 Å². The molecule has 1 N–H and O–H groups in total. The number of nitrogens with one attached hydrogen (secondary N) is 1. The van der Waals surface area contributed by atoms with Gasteiger partial charge in [0, 0.05) is 43.9 Å². The number of ether oxygens (including phenoxy) is 2. The molecule has 2 aromatic rings. The SMILES string of the molecule is CC(=O)c1cc2c(cc1NC(=O)CN1CCN(C(=O)c3cc(C)no3)CC1)OCO2. The van der Waals surface area contributed by atoms with E-state index in [0.717, 1.165) is 0 Å². The molecule has 2 aliphatic heterocycles. The van der Waals surface area contributed by atoms with E-state index < -0.39 is 0 Å². The molecule has 1 aromatic carbocycles. The topological polar surface area (TPSA) is 114 Å². The minimum absolute atomic E-state index is 0.0840. The second-order valence-corrected chi connectivity index (χ2v) is 7.26. The molecule has 10 heteroatoms. The van der Waals surface area contributed by atoms with E-state index in [1.165, 1.54) is 6.92 Å². The van der Waals surface area contributed by atoms with Crippen molar-refractivity contribution < 1.29 is 28.4 Å². The summed E-state index contributed by atoms with van der Waals surface area (Å²) in [6.07, 6.45) is 0. The molecule has 158 valence electrons. The summed E-state index contributed by atoms with van der Waals surface area (Å²) in [6.45, 7) is 5.48. The zero-order chi connectivity index (χ0) is 21.3. The molecule has 2 aliphatic rings. The number of amides is 2. The Morgan fingerprint density at radius 3 is 2.40 bits per heavy atom. The second kappa shape index (κ2) is 8.15. The van der Waals surface area contributed by atoms with Crippen molar-refractivity contribution in [2.75, 3.05) is 44.8 Å². The predicted molar refractivity (Wildman–Crippen MR) is 105 cm³/mol. The number of anilines is 1. The van der Waals surface area contributed by atoms with E-state index in [-0.39, 0.29) is 36.7 Å². The number of benzene rings is 1. The molecular weight excluding hydrogens is 392 g/mol. The van der Waals surface area contributed by atoms with Gasteiger partial charge in [0.25, 0.3) is 5.91 Å². The molecule has 2 amide bonds. The van der Waals surface area contributed by atoms with Crippen LogP contribution in [0, 0.1) is 6.92 Å². The van der Waals surface area contributed by atoms with E-state index in [9.17, 15) is 14.4 Å². The van der Waals surface area contributed by atoms with Crippen molar-refractivity contribution in [3.05, 3.63) is 35.2 Å². The van der Waals surface area contributed by atoms with Crippen molar-refractivity contribution in [3.8, 4) is 11.5 Å². The molecule has 4 rings (SSSR count). The smallest absolute Gasteiger partial charge is 0.292 e. The van der Waals surface area contributed by atoms with Crippen molar-refractivity contribution in [1.82, 2.24) is 15.0 Å². The number of carbonyl (C=O) groups excluding carboxylic acids is 3. The zero-order valence-electron chi connectivity index (χ0n) is 16.8. The lowest BCUT2D eigenvalue weighted by Gasteiger charge is -2.33. The number of carbonyl (C=O) groups is 3. The lowest BCUT2D eigenvalue weighted by atomic mass is 10.1. The summed E-state index contributed by atoms with van der Waals surface area (Å²) in [4.78, 5) is 40.6. The Morgan fingerprint density at radius 1 is 1.07 bits per heavy atom. The third-order valence-corrected chi connectivity index (χ3v) is 5.03. The van der Waals surface area contributed by atoms with Crippen molar-refractivity contribution in [3.63, 3.8) is 0 Å². The molecule has 1 aromatic heterocycles. The summed E-state index contributed by atoms with van der Waals surface area (Å²) >= 11 is 0. The highest BCUT2D eigenvalue weighted by molar-refractivity contribution is 6.05. The molecule has 1 saturated heterocycles. The number of ketones is 1. The number of hydrogen-bond acceptors (Lipinski definition) is 8. The van der Waals surface area contributed by atoms with Gasteiger partial charge in [-0.25, -0.2) is 0 Å². The number of nitrogens with zero attached hydrogens (tertiary/aromatic N) is 3. The molecule has 30 heavy (non-hydrogen) atoms. The maximum atomic E-state index is 12.6. The van der Waals surface area contributed by atoms with Crippen LogP contribution in [-0.2, 0) is 4.79 Å². The van der Waals surface area contributed by atoms with E-state index in [1.807, 2.05) is 4.90 Å². The minimum atomic E-state index is -0.248. The third kappa shape index (κ3) is 4.13. The van der Waals surface area contributed by atoms with E-state index >= 15 is 0 Å². The normalized spacial score (nSPS) is 15.9. The Hall–Kier alpha value is -3.40.